The number of carbonyl (C=O) groups is 1. The van der Waals surface area contributed by atoms with Crippen molar-refractivity contribution in [3.05, 3.63) is 40.1 Å². The lowest BCUT2D eigenvalue weighted by molar-refractivity contribution is 0.0696. The van der Waals surface area contributed by atoms with Gasteiger partial charge in [0.2, 0.25) is 0 Å². The van der Waals surface area contributed by atoms with Crippen LogP contribution in [-0.2, 0) is 4.74 Å². The van der Waals surface area contributed by atoms with E-state index in [4.69, 9.17) is 9.84 Å². The smallest absolute Gasteiger partial charge is 0.336 e. The second-order valence-corrected chi connectivity index (χ2v) is 3.71. The first kappa shape index (κ1) is 11.8. The van der Waals surface area contributed by atoms with E-state index in [1.807, 2.05) is 6.92 Å². The fourth-order valence-electron chi connectivity index (χ4n) is 1.08. The van der Waals surface area contributed by atoms with Gasteiger partial charge in [-0.05, 0) is 30.7 Å². The van der Waals surface area contributed by atoms with E-state index in [9.17, 15) is 4.79 Å². The molecule has 0 spiro atoms. The number of benzene rings is 1. The Morgan fingerprint density at radius 3 is 2.93 bits per heavy atom. The molecule has 1 aromatic carbocycles. The minimum absolute atomic E-state index is 0.250. The summed E-state index contributed by atoms with van der Waals surface area (Å²) in [7, 11) is 0. The molecule has 0 fully saturated rings. The molecule has 4 heteroatoms. The summed E-state index contributed by atoms with van der Waals surface area (Å²) >= 11 is 3.23. The molecule has 3 nitrogen and oxygen atoms in total. The molecule has 0 saturated carbocycles. The van der Waals surface area contributed by atoms with Crippen LogP contribution in [0.2, 0.25) is 0 Å². The van der Waals surface area contributed by atoms with E-state index < -0.39 is 5.97 Å². The Hall–Kier alpha value is -1.29. The highest BCUT2D eigenvalue weighted by molar-refractivity contribution is 9.10. The molecule has 0 aliphatic heterocycles. The van der Waals surface area contributed by atoms with Crippen molar-refractivity contribution >= 4 is 28.0 Å². The van der Waals surface area contributed by atoms with Crippen LogP contribution < -0.4 is 0 Å². The first-order valence-corrected chi connectivity index (χ1v) is 5.25. The zero-order valence-corrected chi connectivity index (χ0v) is 9.82. The predicted molar refractivity (Wildman–Crippen MR) is 61.8 cm³/mol. The Labute approximate surface area is 96.5 Å². The zero-order valence-electron chi connectivity index (χ0n) is 8.24. The number of halogens is 1. The molecule has 0 aliphatic carbocycles. The number of rotatable bonds is 4. The first-order valence-electron chi connectivity index (χ1n) is 4.46. The van der Waals surface area contributed by atoms with Crippen molar-refractivity contribution in [2.24, 2.45) is 0 Å². The summed E-state index contributed by atoms with van der Waals surface area (Å²) in [5, 5.41) is 8.95. The summed E-state index contributed by atoms with van der Waals surface area (Å²) in [6.45, 7) is 2.43. The Morgan fingerprint density at radius 1 is 1.60 bits per heavy atom. The third kappa shape index (κ3) is 3.40. The van der Waals surface area contributed by atoms with Crippen LogP contribution >= 0.6 is 15.9 Å². The minimum atomic E-state index is -0.951. The number of aromatic carboxylic acids is 1. The molecule has 0 radical (unpaired) electrons. The highest BCUT2D eigenvalue weighted by Gasteiger charge is 2.07. The van der Waals surface area contributed by atoms with Gasteiger partial charge in [-0.3, -0.25) is 0 Å². The number of carboxylic acid groups (broad SMARTS) is 1. The Kier molecular flexibility index (Phi) is 4.37. The second-order valence-electron chi connectivity index (χ2n) is 2.79. The Bertz CT molecular complexity index is 385. The average Bonchev–Trinajstić information content (AvgIpc) is 2.20. The van der Waals surface area contributed by atoms with E-state index >= 15 is 0 Å². The standard InChI is InChI=1S/C11H11BrO3/c1-2-15-6-5-8-3-4-9(12)7-10(8)11(13)14/h3-7H,2H2,1H3,(H,13,14)/b6-5+. The molecule has 0 aliphatic rings. The fourth-order valence-corrected chi connectivity index (χ4v) is 1.44. The lowest BCUT2D eigenvalue weighted by Crippen LogP contribution is -1.99. The molecule has 0 amide bonds. The average molecular weight is 271 g/mol. The summed E-state index contributed by atoms with van der Waals surface area (Å²) in [5.74, 6) is -0.951. The maximum atomic E-state index is 10.9. The molecule has 0 saturated heterocycles. The SMILES string of the molecule is CCO/C=C/c1ccc(Br)cc1C(=O)O. The lowest BCUT2D eigenvalue weighted by atomic mass is 10.1. The Balaban J connectivity index is 3.01. The van der Waals surface area contributed by atoms with Crippen LogP contribution in [0, 0.1) is 0 Å². The van der Waals surface area contributed by atoms with Gasteiger partial charge in [-0.1, -0.05) is 22.0 Å². The molecule has 1 rings (SSSR count). The van der Waals surface area contributed by atoms with Crippen LogP contribution in [0.15, 0.2) is 28.9 Å². The lowest BCUT2D eigenvalue weighted by Gasteiger charge is -2.01. The van der Waals surface area contributed by atoms with E-state index in [1.165, 1.54) is 6.26 Å². The van der Waals surface area contributed by atoms with E-state index in [0.717, 1.165) is 4.47 Å². The summed E-state index contributed by atoms with van der Waals surface area (Å²) in [5.41, 5.74) is 0.875. The zero-order chi connectivity index (χ0) is 11.3. The van der Waals surface area contributed by atoms with Crippen molar-refractivity contribution in [3.8, 4) is 0 Å². The van der Waals surface area contributed by atoms with Gasteiger partial charge in [0.1, 0.15) is 0 Å². The van der Waals surface area contributed by atoms with E-state index in [2.05, 4.69) is 15.9 Å². The molecule has 0 bridgehead atoms. The fraction of sp³-hybridized carbons (Fsp3) is 0.182. The summed E-state index contributed by atoms with van der Waals surface area (Å²) < 4.78 is 5.76. The van der Waals surface area contributed by atoms with Crippen molar-refractivity contribution in [1.29, 1.82) is 0 Å². The van der Waals surface area contributed by atoms with Crippen molar-refractivity contribution in [1.82, 2.24) is 0 Å². The van der Waals surface area contributed by atoms with Gasteiger partial charge in [0.05, 0.1) is 18.4 Å². The molecule has 0 atom stereocenters. The largest absolute Gasteiger partial charge is 0.501 e. The number of carboxylic acids is 1. The third-order valence-corrected chi connectivity index (χ3v) is 2.25. The normalized spacial score (nSPS) is 10.5. The van der Waals surface area contributed by atoms with E-state index in [-0.39, 0.29) is 5.56 Å². The van der Waals surface area contributed by atoms with Crippen LogP contribution in [0.1, 0.15) is 22.8 Å². The van der Waals surface area contributed by atoms with Gasteiger partial charge >= 0.3 is 5.97 Å². The van der Waals surface area contributed by atoms with Gasteiger partial charge in [0.25, 0.3) is 0 Å². The van der Waals surface area contributed by atoms with Gasteiger partial charge in [-0.15, -0.1) is 0 Å². The summed E-state index contributed by atoms with van der Waals surface area (Å²) in [6, 6.07) is 5.08. The van der Waals surface area contributed by atoms with Crippen LogP contribution in [0.25, 0.3) is 6.08 Å². The second kappa shape index (κ2) is 5.56. The molecule has 0 unspecified atom stereocenters. The van der Waals surface area contributed by atoms with E-state index in [0.29, 0.717) is 12.2 Å². The summed E-state index contributed by atoms with van der Waals surface area (Å²) in [4.78, 5) is 10.9. The number of hydrogen-bond acceptors (Lipinski definition) is 2. The molecular weight excluding hydrogens is 260 g/mol. The van der Waals surface area contributed by atoms with Gasteiger partial charge < -0.3 is 9.84 Å². The number of ether oxygens (including phenoxy) is 1. The van der Waals surface area contributed by atoms with Crippen LogP contribution in [0.5, 0.6) is 0 Å². The molecule has 1 aromatic rings. The minimum Gasteiger partial charge on any atom is -0.501 e. The van der Waals surface area contributed by atoms with Crippen molar-refractivity contribution in [3.63, 3.8) is 0 Å². The molecular formula is C11H11BrO3. The maximum Gasteiger partial charge on any atom is 0.336 e. The summed E-state index contributed by atoms with van der Waals surface area (Å²) in [6.07, 6.45) is 3.13. The van der Waals surface area contributed by atoms with Gasteiger partial charge in [0, 0.05) is 4.47 Å². The molecule has 80 valence electrons. The monoisotopic (exact) mass is 270 g/mol. The number of hydrogen-bond donors (Lipinski definition) is 1. The predicted octanol–water partition coefficient (Wildman–Crippen LogP) is 3.15. The van der Waals surface area contributed by atoms with Gasteiger partial charge in [-0.2, -0.15) is 0 Å². The molecule has 1 N–H and O–H groups in total. The van der Waals surface area contributed by atoms with Crippen molar-refractivity contribution < 1.29 is 14.6 Å². The van der Waals surface area contributed by atoms with Crippen molar-refractivity contribution in [2.45, 2.75) is 6.92 Å². The van der Waals surface area contributed by atoms with E-state index in [1.54, 1.807) is 24.3 Å². The maximum absolute atomic E-state index is 10.9. The third-order valence-electron chi connectivity index (χ3n) is 1.76. The molecule has 15 heavy (non-hydrogen) atoms. The van der Waals surface area contributed by atoms with Crippen molar-refractivity contribution in [2.75, 3.05) is 6.61 Å². The van der Waals surface area contributed by atoms with Gasteiger partial charge in [-0.25, -0.2) is 4.79 Å². The van der Waals surface area contributed by atoms with Crippen LogP contribution in [-0.4, -0.2) is 17.7 Å². The first-order chi connectivity index (χ1) is 7.15. The quantitative estimate of drug-likeness (QED) is 0.855. The van der Waals surface area contributed by atoms with Gasteiger partial charge in [0.15, 0.2) is 0 Å². The molecule has 0 aromatic heterocycles. The highest BCUT2D eigenvalue weighted by Crippen LogP contribution is 2.18. The Morgan fingerprint density at radius 2 is 2.33 bits per heavy atom. The van der Waals surface area contributed by atoms with Crippen LogP contribution in [0.4, 0.5) is 0 Å². The topological polar surface area (TPSA) is 46.5 Å². The van der Waals surface area contributed by atoms with Crippen LogP contribution in [0.3, 0.4) is 0 Å². The molecule has 0 heterocycles. The highest BCUT2D eigenvalue weighted by atomic mass is 79.9.